The summed E-state index contributed by atoms with van der Waals surface area (Å²) in [7, 11) is 1.31. The van der Waals surface area contributed by atoms with E-state index in [1.807, 2.05) is 19.1 Å². The van der Waals surface area contributed by atoms with Crippen LogP contribution in [0.15, 0.2) is 40.8 Å². The highest BCUT2D eigenvalue weighted by atomic mass is 35.5. The van der Waals surface area contributed by atoms with E-state index in [1.54, 1.807) is 31.2 Å². The summed E-state index contributed by atoms with van der Waals surface area (Å²) >= 11 is 7.18. The number of nitrogens with zero attached hydrogens (tertiary/aromatic N) is 1. The number of nitrogens with one attached hydrogen (secondary N) is 1. The Labute approximate surface area is 171 Å². The number of rotatable bonds is 6. The molecule has 3 rings (SSSR count). The Balaban J connectivity index is 1.84. The first-order valence-corrected chi connectivity index (χ1v) is 9.74. The van der Waals surface area contributed by atoms with Crippen LogP contribution >= 0.6 is 22.9 Å². The van der Waals surface area contributed by atoms with Gasteiger partial charge in [0.25, 0.3) is 5.91 Å². The zero-order valence-electron chi connectivity index (χ0n) is 15.6. The van der Waals surface area contributed by atoms with Gasteiger partial charge in [0, 0.05) is 5.02 Å². The maximum atomic E-state index is 12.9. The van der Waals surface area contributed by atoms with E-state index < -0.39 is 12.0 Å². The second kappa shape index (κ2) is 8.58. The second-order valence-corrected chi connectivity index (χ2v) is 7.64. The molecule has 146 valence electrons. The highest BCUT2D eigenvalue weighted by molar-refractivity contribution is 7.17. The number of thiazole rings is 1. The number of carbonyl (C=O) groups excluding carboxylic acids is 2. The number of hydrogen-bond acceptors (Lipinski definition) is 6. The molecule has 8 heteroatoms. The third-order valence-corrected chi connectivity index (χ3v) is 5.55. The predicted octanol–water partition coefficient (Wildman–Crippen LogP) is 4.71. The summed E-state index contributed by atoms with van der Waals surface area (Å²) in [5.74, 6) is 0.657. The van der Waals surface area contributed by atoms with Crippen LogP contribution in [0.4, 0.5) is 0 Å². The predicted molar refractivity (Wildman–Crippen MR) is 108 cm³/mol. The van der Waals surface area contributed by atoms with Crippen LogP contribution in [-0.2, 0) is 9.53 Å². The van der Waals surface area contributed by atoms with Crippen molar-refractivity contribution >= 4 is 34.8 Å². The fourth-order valence-corrected chi connectivity index (χ4v) is 3.74. The maximum absolute atomic E-state index is 12.9. The van der Waals surface area contributed by atoms with Crippen molar-refractivity contribution in [1.29, 1.82) is 0 Å². The molecule has 28 heavy (non-hydrogen) atoms. The molecule has 0 aliphatic carbocycles. The third-order valence-electron chi connectivity index (χ3n) is 4.13. The van der Waals surface area contributed by atoms with Gasteiger partial charge in [-0.25, -0.2) is 4.98 Å². The van der Waals surface area contributed by atoms with Gasteiger partial charge in [0.1, 0.15) is 10.6 Å². The Bertz CT molecular complexity index is 994. The molecule has 0 saturated heterocycles. The number of halogens is 1. The monoisotopic (exact) mass is 418 g/mol. The van der Waals surface area contributed by atoms with E-state index in [0.717, 1.165) is 11.3 Å². The number of methoxy groups -OCH3 is 1. The van der Waals surface area contributed by atoms with Crippen LogP contribution in [0, 0.1) is 13.8 Å². The van der Waals surface area contributed by atoms with Crippen molar-refractivity contribution in [3.05, 3.63) is 63.3 Å². The van der Waals surface area contributed by atoms with Crippen LogP contribution in [0.25, 0.3) is 10.8 Å². The Morgan fingerprint density at radius 1 is 1.21 bits per heavy atom. The molecular formula is C20H19ClN2O4S. The van der Waals surface area contributed by atoms with Crippen LogP contribution in [0.1, 0.15) is 39.2 Å². The average molecular weight is 419 g/mol. The van der Waals surface area contributed by atoms with Crippen molar-refractivity contribution in [2.75, 3.05) is 7.11 Å². The van der Waals surface area contributed by atoms with Crippen molar-refractivity contribution in [2.24, 2.45) is 0 Å². The van der Waals surface area contributed by atoms with E-state index in [0.29, 0.717) is 26.4 Å². The van der Waals surface area contributed by atoms with E-state index in [2.05, 4.69) is 10.3 Å². The average Bonchev–Trinajstić information content (AvgIpc) is 3.27. The van der Waals surface area contributed by atoms with E-state index in [-0.39, 0.29) is 12.3 Å². The first kappa shape index (κ1) is 20.1. The van der Waals surface area contributed by atoms with Crippen molar-refractivity contribution in [1.82, 2.24) is 10.3 Å². The van der Waals surface area contributed by atoms with Crippen molar-refractivity contribution in [3.63, 3.8) is 0 Å². The van der Waals surface area contributed by atoms with Crippen LogP contribution < -0.4 is 5.32 Å². The van der Waals surface area contributed by atoms with Gasteiger partial charge in [-0.15, -0.1) is 11.3 Å². The molecule has 1 unspecified atom stereocenters. The summed E-state index contributed by atoms with van der Waals surface area (Å²) in [5.41, 5.74) is 1.35. The summed E-state index contributed by atoms with van der Waals surface area (Å²) in [5, 5.41) is 4.11. The molecule has 0 aliphatic rings. The molecule has 0 spiro atoms. The molecule has 1 aromatic carbocycles. The molecule has 2 aromatic heterocycles. The van der Waals surface area contributed by atoms with Gasteiger partial charge < -0.3 is 14.5 Å². The topological polar surface area (TPSA) is 81.4 Å². The molecule has 3 aromatic rings. The molecule has 6 nitrogen and oxygen atoms in total. The lowest BCUT2D eigenvalue weighted by molar-refractivity contribution is -0.141. The molecule has 0 bridgehead atoms. The Morgan fingerprint density at radius 3 is 2.54 bits per heavy atom. The molecule has 0 aliphatic heterocycles. The van der Waals surface area contributed by atoms with Gasteiger partial charge in [0.15, 0.2) is 10.8 Å². The van der Waals surface area contributed by atoms with Gasteiger partial charge >= 0.3 is 5.97 Å². The van der Waals surface area contributed by atoms with Crippen LogP contribution in [0.3, 0.4) is 0 Å². The first-order chi connectivity index (χ1) is 13.4. The Kier molecular flexibility index (Phi) is 6.16. The van der Waals surface area contributed by atoms with Gasteiger partial charge in [-0.3, -0.25) is 9.59 Å². The largest absolute Gasteiger partial charge is 0.469 e. The van der Waals surface area contributed by atoms with Crippen LogP contribution in [0.2, 0.25) is 5.02 Å². The molecule has 0 fully saturated rings. The zero-order valence-corrected chi connectivity index (χ0v) is 17.2. The first-order valence-electron chi connectivity index (χ1n) is 8.54. The van der Waals surface area contributed by atoms with Gasteiger partial charge in [-0.1, -0.05) is 23.7 Å². The van der Waals surface area contributed by atoms with Crippen LogP contribution in [-0.4, -0.2) is 24.0 Å². The fraction of sp³-hybridized carbons (Fsp3) is 0.250. The lowest BCUT2D eigenvalue weighted by Gasteiger charge is -2.18. The number of hydrogen-bond donors (Lipinski definition) is 1. The number of ether oxygens (including phenoxy) is 1. The summed E-state index contributed by atoms with van der Waals surface area (Å²) in [4.78, 5) is 29.6. The normalized spacial score (nSPS) is 11.9. The molecule has 0 saturated carbocycles. The number of benzene rings is 1. The van der Waals surface area contributed by atoms with Crippen molar-refractivity contribution < 1.29 is 18.7 Å². The summed E-state index contributed by atoms with van der Waals surface area (Å²) in [6, 6.07) is 10.1. The Hall–Kier alpha value is -2.64. The van der Waals surface area contributed by atoms with Gasteiger partial charge in [0.05, 0.1) is 25.3 Å². The van der Waals surface area contributed by atoms with Crippen LogP contribution in [0.5, 0.6) is 0 Å². The minimum Gasteiger partial charge on any atom is -0.469 e. The van der Waals surface area contributed by atoms with Gasteiger partial charge in [-0.05, 0) is 43.7 Å². The molecule has 1 N–H and O–H groups in total. The van der Waals surface area contributed by atoms with E-state index in [4.69, 9.17) is 20.8 Å². The van der Waals surface area contributed by atoms with E-state index >= 15 is 0 Å². The third kappa shape index (κ3) is 4.61. The number of aryl methyl sites for hydroxylation is 2. The van der Waals surface area contributed by atoms with Gasteiger partial charge in [0.2, 0.25) is 0 Å². The summed E-state index contributed by atoms with van der Waals surface area (Å²) < 4.78 is 10.4. The maximum Gasteiger partial charge on any atom is 0.307 e. The molecule has 1 atom stereocenters. The summed E-state index contributed by atoms with van der Waals surface area (Å²) in [6.45, 7) is 3.61. The zero-order chi connectivity index (χ0) is 20.3. The standard InChI is InChI=1S/C20H19ClN2O4S/c1-11-4-9-16(27-11)20-22-12(2)18(28-20)19(25)23-15(10-17(24)26-3)13-5-7-14(21)8-6-13/h4-9,15H,10H2,1-3H3,(H,23,25). The lowest BCUT2D eigenvalue weighted by atomic mass is 10.0. The number of esters is 1. The molecule has 1 amide bonds. The highest BCUT2D eigenvalue weighted by Gasteiger charge is 2.23. The molecule has 0 radical (unpaired) electrons. The number of carbonyl (C=O) groups is 2. The lowest BCUT2D eigenvalue weighted by Crippen LogP contribution is -2.30. The fourth-order valence-electron chi connectivity index (χ4n) is 2.68. The van der Waals surface area contributed by atoms with Gasteiger partial charge in [-0.2, -0.15) is 0 Å². The smallest absolute Gasteiger partial charge is 0.307 e. The van der Waals surface area contributed by atoms with Crippen molar-refractivity contribution in [3.8, 4) is 10.8 Å². The SMILES string of the molecule is COC(=O)CC(NC(=O)c1sc(-c2ccc(C)o2)nc1C)c1ccc(Cl)cc1. The highest BCUT2D eigenvalue weighted by Crippen LogP contribution is 2.30. The minimum absolute atomic E-state index is 0.00591. The number of amides is 1. The Morgan fingerprint density at radius 2 is 1.93 bits per heavy atom. The van der Waals surface area contributed by atoms with E-state index in [1.165, 1.54) is 18.4 Å². The molecule has 2 heterocycles. The minimum atomic E-state index is -0.548. The molecular weight excluding hydrogens is 400 g/mol. The van der Waals surface area contributed by atoms with Crippen molar-refractivity contribution in [2.45, 2.75) is 26.3 Å². The summed E-state index contributed by atoms with van der Waals surface area (Å²) in [6.07, 6.45) is 0.00591. The number of furan rings is 1. The quantitative estimate of drug-likeness (QED) is 0.586. The second-order valence-electron chi connectivity index (χ2n) is 6.20. The number of aromatic nitrogens is 1. The van der Waals surface area contributed by atoms with E-state index in [9.17, 15) is 9.59 Å².